The minimum Gasteiger partial charge on any atom is -0.493 e. The first-order valence-electron chi connectivity index (χ1n) is 8.65. The molecular weight excluding hydrogens is 323 g/mol. The SMILES string of the molecule is CCOc1cccc(OCC)c1C(=O)[PH](=O)CC(C)CC(C)(C)C. The molecule has 136 valence electrons. The molecule has 0 saturated heterocycles. The molecule has 1 aromatic rings. The van der Waals surface area contributed by atoms with Crippen molar-refractivity contribution in [2.24, 2.45) is 11.3 Å². The van der Waals surface area contributed by atoms with E-state index in [0.29, 0.717) is 36.4 Å². The molecule has 0 aliphatic carbocycles. The van der Waals surface area contributed by atoms with Gasteiger partial charge in [-0.05, 0) is 43.7 Å². The third-order valence-corrected chi connectivity index (χ3v) is 5.39. The lowest BCUT2D eigenvalue weighted by Crippen LogP contribution is -2.14. The summed E-state index contributed by atoms with van der Waals surface area (Å²) in [5, 5.41) is 0. The Bertz CT molecular complexity index is 551. The van der Waals surface area contributed by atoms with Crippen LogP contribution >= 0.6 is 7.80 Å². The maximum Gasteiger partial charge on any atom is 0.225 e. The van der Waals surface area contributed by atoms with Crippen LogP contribution in [0, 0.1) is 11.3 Å². The van der Waals surface area contributed by atoms with Gasteiger partial charge in [-0.3, -0.25) is 4.79 Å². The Balaban J connectivity index is 3.02. The van der Waals surface area contributed by atoms with Crippen LogP contribution < -0.4 is 9.47 Å². The van der Waals surface area contributed by atoms with Crippen LogP contribution in [0.4, 0.5) is 0 Å². The second-order valence-corrected chi connectivity index (χ2v) is 9.03. The second kappa shape index (κ2) is 9.27. The highest BCUT2D eigenvalue weighted by Gasteiger charge is 2.26. The summed E-state index contributed by atoms with van der Waals surface area (Å²) < 4.78 is 23.8. The molecule has 0 aliphatic heterocycles. The molecular formula is C19H31O4P. The van der Waals surface area contributed by atoms with Crippen LogP contribution in [0.5, 0.6) is 11.5 Å². The average Bonchev–Trinajstić information content (AvgIpc) is 2.45. The van der Waals surface area contributed by atoms with E-state index in [2.05, 4.69) is 27.7 Å². The molecule has 0 N–H and O–H groups in total. The van der Waals surface area contributed by atoms with Gasteiger partial charge >= 0.3 is 0 Å². The van der Waals surface area contributed by atoms with E-state index in [1.807, 2.05) is 13.8 Å². The maximum absolute atomic E-state index is 12.8. The first-order valence-corrected chi connectivity index (χ1v) is 10.3. The summed E-state index contributed by atoms with van der Waals surface area (Å²) in [5.74, 6) is 1.14. The average molecular weight is 354 g/mol. The van der Waals surface area contributed by atoms with Gasteiger partial charge < -0.3 is 14.0 Å². The minimum absolute atomic E-state index is 0.157. The molecule has 0 saturated carbocycles. The molecule has 1 rings (SSSR count). The van der Waals surface area contributed by atoms with Crippen LogP contribution in [0.1, 0.15) is 58.3 Å². The monoisotopic (exact) mass is 354 g/mol. The molecule has 0 aliphatic rings. The number of carbonyl (C=O) groups excluding carboxylic acids is 1. The molecule has 0 spiro atoms. The number of rotatable bonds is 9. The van der Waals surface area contributed by atoms with E-state index in [1.54, 1.807) is 18.2 Å². The zero-order chi connectivity index (χ0) is 18.3. The molecule has 0 fully saturated rings. The lowest BCUT2D eigenvalue weighted by Gasteiger charge is -2.23. The number of benzene rings is 1. The summed E-state index contributed by atoms with van der Waals surface area (Å²) >= 11 is 0. The highest BCUT2D eigenvalue weighted by atomic mass is 31.1. The summed E-state index contributed by atoms with van der Waals surface area (Å²) in [6.07, 6.45) is 1.36. The lowest BCUT2D eigenvalue weighted by molar-refractivity contribution is 0.107. The van der Waals surface area contributed by atoms with Crippen LogP contribution in [-0.2, 0) is 4.57 Å². The molecule has 4 nitrogen and oxygen atoms in total. The molecule has 2 atom stereocenters. The molecule has 0 aromatic heterocycles. The quantitative estimate of drug-likeness (QED) is 0.568. The Hall–Kier alpha value is -1.28. The smallest absolute Gasteiger partial charge is 0.225 e. The summed E-state index contributed by atoms with van der Waals surface area (Å²) in [6, 6.07) is 5.24. The van der Waals surface area contributed by atoms with Crippen molar-refractivity contribution in [1.29, 1.82) is 0 Å². The van der Waals surface area contributed by atoms with E-state index in [9.17, 15) is 9.36 Å². The second-order valence-electron chi connectivity index (χ2n) is 7.32. The van der Waals surface area contributed by atoms with E-state index >= 15 is 0 Å². The number of carbonyl (C=O) groups is 1. The molecule has 5 heteroatoms. The Morgan fingerprint density at radius 2 is 1.62 bits per heavy atom. The molecule has 0 amide bonds. The summed E-state index contributed by atoms with van der Waals surface area (Å²) in [7, 11) is -2.42. The van der Waals surface area contributed by atoms with Crippen molar-refractivity contribution >= 4 is 13.3 Å². The van der Waals surface area contributed by atoms with Crippen molar-refractivity contribution < 1.29 is 18.8 Å². The predicted octanol–water partition coefficient (Wildman–Crippen LogP) is 5.26. The van der Waals surface area contributed by atoms with Crippen molar-refractivity contribution in [3.8, 4) is 11.5 Å². The maximum atomic E-state index is 12.8. The molecule has 1 aromatic carbocycles. The molecule has 0 bridgehead atoms. The van der Waals surface area contributed by atoms with E-state index in [-0.39, 0.29) is 16.9 Å². The van der Waals surface area contributed by atoms with Gasteiger partial charge in [0.05, 0.1) is 13.2 Å². The Morgan fingerprint density at radius 1 is 1.12 bits per heavy atom. The van der Waals surface area contributed by atoms with Crippen LogP contribution in [0.2, 0.25) is 0 Å². The van der Waals surface area contributed by atoms with Crippen molar-refractivity contribution in [3.63, 3.8) is 0 Å². The molecule has 24 heavy (non-hydrogen) atoms. The van der Waals surface area contributed by atoms with Gasteiger partial charge in [0.1, 0.15) is 24.9 Å². The number of hydrogen-bond acceptors (Lipinski definition) is 4. The van der Waals surface area contributed by atoms with Gasteiger partial charge in [-0.15, -0.1) is 0 Å². The zero-order valence-electron chi connectivity index (χ0n) is 15.8. The van der Waals surface area contributed by atoms with Crippen LogP contribution in [-0.4, -0.2) is 24.9 Å². The van der Waals surface area contributed by atoms with Crippen LogP contribution in [0.3, 0.4) is 0 Å². The topological polar surface area (TPSA) is 52.6 Å². The van der Waals surface area contributed by atoms with Gasteiger partial charge in [0.25, 0.3) is 0 Å². The third kappa shape index (κ3) is 6.32. The standard InChI is InChI=1S/C19H31O4P/c1-7-22-15-10-9-11-16(23-8-2)17(15)18(20)24(21)13-14(3)12-19(4,5)6/h9-11,14,24H,7-8,12-13H2,1-6H3. The van der Waals surface area contributed by atoms with Gasteiger partial charge in [-0.1, -0.05) is 33.8 Å². The molecule has 0 radical (unpaired) electrons. The van der Waals surface area contributed by atoms with Gasteiger partial charge in [-0.2, -0.15) is 0 Å². The Kier molecular flexibility index (Phi) is 8.02. The fraction of sp³-hybridized carbons (Fsp3) is 0.632. The Morgan fingerprint density at radius 3 is 2.04 bits per heavy atom. The lowest BCUT2D eigenvalue weighted by atomic mass is 9.86. The molecule has 2 unspecified atom stereocenters. The van der Waals surface area contributed by atoms with Crippen molar-refractivity contribution in [2.45, 2.75) is 48.0 Å². The van der Waals surface area contributed by atoms with E-state index in [0.717, 1.165) is 6.42 Å². The van der Waals surface area contributed by atoms with E-state index in [1.165, 1.54) is 0 Å². The third-order valence-electron chi connectivity index (χ3n) is 3.56. The van der Waals surface area contributed by atoms with Crippen LogP contribution in [0.15, 0.2) is 18.2 Å². The first kappa shape index (κ1) is 20.8. The minimum atomic E-state index is -2.42. The van der Waals surface area contributed by atoms with Gasteiger partial charge in [0.2, 0.25) is 5.52 Å². The summed E-state index contributed by atoms with van der Waals surface area (Å²) in [6.45, 7) is 13.1. The largest absolute Gasteiger partial charge is 0.493 e. The summed E-state index contributed by atoms with van der Waals surface area (Å²) in [4.78, 5) is 12.8. The van der Waals surface area contributed by atoms with Crippen molar-refractivity contribution in [1.82, 2.24) is 0 Å². The summed E-state index contributed by atoms with van der Waals surface area (Å²) in [5.41, 5.74) is 0.144. The number of ether oxygens (including phenoxy) is 2. The van der Waals surface area contributed by atoms with Crippen molar-refractivity contribution in [3.05, 3.63) is 23.8 Å². The highest BCUT2D eigenvalue weighted by Crippen LogP contribution is 2.40. The normalized spacial score (nSPS) is 14.1. The molecule has 0 heterocycles. The highest BCUT2D eigenvalue weighted by molar-refractivity contribution is 7.64. The van der Waals surface area contributed by atoms with Gasteiger partial charge in [-0.25, -0.2) is 0 Å². The van der Waals surface area contributed by atoms with Crippen molar-refractivity contribution in [2.75, 3.05) is 19.4 Å². The fourth-order valence-corrected chi connectivity index (χ4v) is 4.44. The van der Waals surface area contributed by atoms with E-state index in [4.69, 9.17) is 9.47 Å². The number of hydrogen-bond donors (Lipinski definition) is 0. The predicted molar refractivity (Wildman–Crippen MR) is 100 cm³/mol. The van der Waals surface area contributed by atoms with Gasteiger partial charge in [0.15, 0.2) is 0 Å². The van der Waals surface area contributed by atoms with Crippen LogP contribution in [0.25, 0.3) is 0 Å². The van der Waals surface area contributed by atoms with E-state index < -0.39 is 7.80 Å². The van der Waals surface area contributed by atoms with Gasteiger partial charge in [0, 0.05) is 6.16 Å². The first-order chi connectivity index (χ1) is 11.2. The fourth-order valence-electron chi connectivity index (χ4n) is 2.95. The Labute approximate surface area is 146 Å². The zero-order valence-corrected chi connectivity index (χ0v) is 16.8.